The van der Waals surface area contributed by atoms with E-state index in [9.17, 15) is 8.42 Å². The normalized spacial score (nSPS) is 11.8. The number of sulfonamides is 1. The monoisotopic (exact) mass is 381 g/mol. The molecule has 0 atom stereocenters. The molecule has 4 aromatic rings. The predicted octanol–water partition coefficient (Wildman–Crippen LogP) is 4.96. The van der Waals surface area contributed by atoms with Crippen molar-refractivity contribution in [2.24, 2.45) is 0 Å². The minimum absolute atomic E-state index is 0.200. The Hall–Kier alpha value is -2.99. The van der Waals surface area contributed by atoms with E-state index in [-0.39, 0.29) is 4.90 Å². The van der Waals surface area contributed by atoms with Gasteiger partial charge in [-0.15, -0.1) is 0 Å². The molecule has 0 spiro atoms. The van der Waals surface area contributed by atoms with Crippen LogP contribution in [0.2, 0.25) is 0 Å². The first kappa shape index (κ1) is 17.4. The van der Waals surface area contributed by atoms with Crippen LogP contribution >= 0.6 is 0 Å². The summed E-state index contributed by atoms with van der Waals surface area (Å²) in [5.74, 6) is 0.433. The summed E-state index contributed by atoms with van der Waals surface area (Å²) in [6.07, 6.45) is 0.851. The average Bonchev–Trinajstić information content (AvgIpc) is 3.04. The fourth-order valence-electron chi connectivity index (χ4n) is 3.11. The number of nitrogens with one attached hydrogen (secondary N) is 1. The number of aryl methyl sites for hydroxylation is 1. The van der Waals surface area contributed by atoms with Gasteiger partial charge in [-0.1, -0.05) is 37.3 Å². The molecule has 4 rings (SSSR count). The van der Waals surface area contributed by atoms with Crippen LogP contribution in [0.4, 0.5) is 5.69 Å². The van der Waals surface area contributed by atoms with Crippen molar-refractivity contribution >= 4 is 37.6 Å². The van der Waals surface area contributed by atoms with Crippen LogP contribution in [0.25, 0.3) is 21.9 Å². The molecule has 1 aromatic heterocycles. The number of ether oxygens (including phenoxy) is 1. The molecule has 0 amide bonds. The van der Waals surface area contributed by atoms with Crippen LogP contribution in [0.5, 0.6) is 5.75 Å². The van der Waals surface area contributed by atoms with Crippen LogP contribution in [0, 0.1) is 0 Å². The second-order valence-electron chi connectivity index (χ2n) is 6.25. The molecule has 0 saturated heterocycles. The Morgan fingerprint density at radius 3 is 2.41 bits per heavy atom. The Labute approximate surface area is 157 Å². The lowest BCUT2D eigenvalue weighted by Gasteiger charge is -2.12. The number of methoxy groups -OCH3 is 1. The van der Waals surface area contributed by atoms with Gasteiger partial charge in [0.2, 0.25) is 0 Å². The molecule has 1 heterocycles. The molecule has 0 bridgehead atoms. The summed E-state index contributed by atoms with van der Waals surface area (Å²) in [6.45, 7) is 2.02. The maximum absolute atomic E-state index is 12.8. The summed E-state index contributed by atoms with van der Waals surface area (Å²) in [4.78, 5) is 0.200. The van der Waals surface area contributed by atoms with Gasteiger partial charge in [-0.2, -0.15) is 0 Å². The molecule has 6 heteroatoms. The van der Waals surface area contributed by atoms with Gasteiger partial charge >= 0.3 is 0 Å². The number of benzene rings is 3. The SMILES string of the molecule is CCc1ccc(S(=O)(=O)Nc2cc3oc4ccccc4c3cc2OC)cc1. The van der Waals surface area contributed by atoms with Crippen molar-refractivity contribution in [3.63, 3.8) is 0 Å². The highest BCUT2D eigenvalue weighted by Gasteiger charge is 2.19. The molecule has 0 aliphatic rings. The third kappa shape index (κ3) is 3.13. The number of anilines is 1. The van der Waals surface area contributed by atoms with Crippen molar-refractivity contribution < 1.29 is 17.6 Å². The van der Waals surface area contributed by atoms with Crippen molar-refractivity contribution in [3.8, 4) is 5.75 Å². The Balaban J connectivity index is 1.78. The number of hydrogen-bond acceptors (Lipinski definition) is 4. The van der Waals surface area contributed by atoms with E-state index in [1.165, 1.54) is 7.11 Å². The molecule has 0 fully saturated rings. The summed E-state index contributed by atoms with van der Waals surface area (Å²) >= 11 is 0. The Bertz CT molecular complexity index is 1220. The third-order valence-electron chi connectivity index (χ3n) is 4.59. The summed E-state index contributed by atoms with van der Waals surface area (Å²) < 4.78 is 39.4. The van der Waals surface area contributed by atoms with E-state index in [4.69, 9.17) is 9.15 Å². The van der Waals surface area contributed by atoms with Gasteiger partial charge in [-0.05, 0) is 36.2 Å². The Kier molecular flexibility index (Phi) is 4.28. The van der Waals surface area contributed by atoms with Gasteiger partial charge in [0.15, 0.2) is 0 Å². The predicted molar refractivity (Wildman–Crippen MR) is 107 cm³/mol. The van der Waals surface area contributed by atoms with E-state index in [1.54, 1.807) is 24.3 Å². The number of rotatable bonds is 5. The van der Waals surface area contributed by atoms with E-state index < -0.39 is 10.0 Å². The summed E-state index contributed by atoms with van der Waals surface area (Å²) in [5, 5.41) is 1.83. The topological polar surface area (TPSA) is 68.5 Å². The van der Waals surface area contributed by atoms with Crippen molar-refractivity contribution in [2.75, 3.05) is 11.8 Å². The van der Waals surface area contributed by atoms with Crippen LogP contribution in [-0.2, 0) is 16.4 Å². The molecule has 3 aromatic carbocycles. The van der Waals surface area contributed by atoms with Gasteiger partial charge in [-0.3, -0.25) is 4.72 Å². The van der Waals surface area contributed by atoms with E-state index in [1.807, 2.05) is 43.3 Å². The molecule has 27 heavy (non-hydrogen) atoms. The number of furan rings is 1. The first-order valence-corrected chi connectivity index (χ1v) is 10.1. The van der Waals surface area contributed by atoms with Crippen LogP contribution < -0.4 is 9.46 Å². The third-order valence-corrected chi connectivity index (χ3v) is 5.97. The van der Waals surface area contributed by atoms with Crippen LogP contribution in [0.3, 0.4) is 0 Å². The summed E-state index contributed by atoms with van der Waals surface area (Å²) in [6, 6.07) is 17.9. The van der Waals surface area contributed by atoms with Crippen LogP contribution in [0.15, 0.2) is 70.0 Å². The highest BCUT2D eigenvalue weighted by atomic mass is 32.2. The molecule has 1 N–H and O–H groups in total. The summed E-state index contributed by atoms with van der Waals surface area (Å²) in [5.41, 5.74) is 2.75. The zero-order chi connectivity index (χ0) is 19.0. The van der Waals surface area contributed by atoms with Crippen molar-refractivity contribution in [1.29, 1.82) is 0 Å². The lowest BCUT2D eigenvalue weighted by Crippen LogP contribution is -2.13. The average molecular weight is 381 g/mol. The van der Waals surface area contributed by atoms with Gasteiger partial charge in [0.1, 0.15) is 16.9 Å². The maximum Gasteiger partial charge on any atom is 0.262 e. The van der Waals surface area contributed by atoms with Crippen LogP contribution in [-0.4, -0.2) is 15.5 Å². The Morgan fingerprint density at radius 2 is 1.70 bits per heavy atom. The quantitative estimate of drug-likeness (QED) is 0.531. The van der Waals surface area contributed by atoms with Gasteiger partial charge in [0.05, 0.1) is 17.7 Å². The van der Waals surface area contributed by atoms with Crippen LogP contribution in [0.1, 0.15) is 12.5 Å². The minimum atomic E-state index is -3.74. The van der Waals surface area contributed by atoms with Crippen molar-refractivity contribution in [2.45, 2.75) is 18.2 Å². The molecule has 0 aliphatic carbocycles. The highest BCUT2D eigenvalue weighted by molar-refractivity contribution is 7.92. The fourth-order valence-corrected chi connectivity index (χ4v) is 4.17. The second kappa shape index (κ2) is 6.63. The van der Waals surface area contributed by atoms with Gasteiger partial charge in [0, 0.05) is 16.8 Å². The number of hydrogen-bond donors (Lipinski definition) is 1. The molecular weight excluding hydrogens is 362 g/mol. The molecule has 0 unspecified atom stereocenters. The van der Waals surface area contributed by atoms with E-state index in [0.29, 0.717) is 17.0 Å². The lowest BCUT2D eigenvalue weighted by molar-refractivity contribution is 0.417. The van der Waals surface area contributed by atoms with Crippen molar-refractivity contribution in [3.05, 3.63) is 66.2 Å². The standard InChI is InChI=1S/C21H19NO4S/c1-3-14-8-10-15(11-9-14)27(23,24)22-18-13-20-17(12-21(18)25-2)16-6-4-5-7-19(16)26-20/h4-13,22H,3H2,1-2H3. The summed E-state index contributed by atoms with van der Waals surface area (Å²) in [7, 11) is -2.23. The molecule has 5 nitrogen and oxygen atoms in total. The molecule has 0 saturated carbocycles. The Morgan fingerprint density at radius 1 is 0.963 bits per heavy atom. The van der Waals surface area contributed by atoms with Crippen molar-refractivity contribution in [1.82, 2.24) is 0 Å². The zero-order valence-corrected chi connectivity index (χ0v) is 15.8. The number of fused-ring (bicyclic) bond motifs is 3. The zero-order valence-electron chi connectivity index (χ0n) is 15.0. The molecule has 0 radical (unpaired) electrons. The van der Waals surface area contributed by atoms with E-state index >= 15 is 0 Å². The lowest BCUT2D eigenvalue weighted by atomic mass is 10.1. The minimum Gasteiger partial charge on any atom is -0.495 e. The molecule has 138 valence electrons. The van der Waals surface area contributed by atoms with Gasteiger partial charge in [0.25, 0.3) is 10.0 Å². The largest absolute Gasteiger partial charge is 0.495 e. The number of para-hydroxylation sites is 1. The van der Waals surface area contributed by atoms with E-state index in [2.05, 4.69) is 4.72 Å². The fraction of sp³-hybridized carbons (Fsp3) is 0.143. The molecule has 0 aliphatic heterocycles. The highest BCUT2D eigenvalue weighted by Crippen LogP contribution is 2.37. The smallest absolute Gasteiger partial charge is 0.262 e. The first-order chi connectivity index (χ1) is 13.0. The molecular formula is C21H19NO4S. The van der Waals surface area contributed by atoms with Gasteiger partial charge in [-0.25, -0.2) is 8.42 Å². The first-order valence-electron chi connectivity index (χ1n) is 8.63. The maximum atomic E-state index is 12.8. The second-order valence-corrected chi connectivity index (χ2v) is 7.93. The van der Waals surface area contributed by atoms with Gasteiger partial charge < -0.3 is 9.15 Å². The van der Waals surface area contributed by atoms with E-state index in [0.717, 1.165) is 28.3 Å².